The number of amides is 1. The Balaban J connectivity index is 1.64. The monoisotopic (exact) mass is 347 g/mol. The molecule has 132 valence electrons. The summed E-state index contributed by atoms with van der Waals surface area (Å²) in [5.74, 6) is -0.729. The fourth-order valence-electron chi connectivity index (χ4n) is 2.84. The number of ether oxygens (including phenoxy) is 1. The second-order valence-corrected chi connectivity index (χ2v) is 6.29. The van der Waals surface area contributed by atoms with E-state index in [1.54, 1.807) is 31.0 Å². The molecule has 0 radical (unpaired) electrons. The molecule has 0 spiro atoms. The zero-order valence-corrected chi connectivity index (χ0v) is 14.9. The van der Waals surface area contributed by atoms with Crippen molar-refractivity contribution in [2.24, 2.45) is 0 Å². The third-order valence-corrected chi connectivity index (χ3v) is 4.26. The van der Waals surface area contributed by atoms with Crippen molar-refractivity contribution in [1.82, 2.24) is 4.90 Å². The van der Waals surface area contributed by atoms with Gasteiger partial charge in [0.15, 0.2) is 6.10 Å². The number of likely N-dealkylation sites (N-methyl/N-ethyl adjacent to an activating group) is 1. The molecule has 0 bridgehead atoms. The first kappa shape index (κ1) is 17.7. The Morgan fingerprint density at radius 3 is 2.31 bits per heavy atom. The zero-order valence-electron chi connectivity index (χ0n) is 14.9. The van der Waals surface area contributed by atoms with Crippen LogP contribution in [-0.2, 0) is 16.1 Å². The summed E-state index contributed by atoms with van der Waals surface area (Å²) in [7, 11) is 1.70. The fraction of sp³-hybridized carbons (Fsp3) is 0.182. The van der Waals surface area contributed by atoms with Gasteiger partial charge in [0.2, 0.25) is 0 Å². The van der Waals surface area contributed by atoms with E-state index in [1.165, 1.54) is 0 Å². The lowest BCUT2D eigenvalue weighted by Gasteiger charge is -2.21. The minimum atomic E-state index is -0.845. The molecule has 0 saturated carbocycles. The fourth-order valence-corrected chi connectivity index (χ4v) is 2.84. The molecular formula is C22H21NO3. The average Bonchev–Trinajstić information content (AvgIpc) is 2.67. The Bertz CT molecular complexity index is 921. The predicted molar refractivity (Wildman–Crippen MR) is 102 cm³/mol. The van der Waals surface area contributed by atoms with Crippen molar-refractivity contribution in [2.75, 3.05) is 7.05 Å². The summed E-state index contributed by atoms with van der Waals surface area (Å²) in [4.78, 5) is 26.4. The summed E-state index contributed by atoms with van der Waals surface area (Å²) in [5, 5.41) is 2.01. The molecular weight excluding hydrogens is 326 g/mol. The third-order valence-electron chi connectivity index (χ3n) is 4.26. The molecule has 1 amide bonds. The predicted octanol–water partition coefficient (Wildman–Crippen LogP) is 4.04. The molecule has 0 aromatic heterocycles. The summed E-state index contributed by atoms with van der Waals surface area (Å²) in [6, 6.07) is 22.9. The maximum Gasteiger partial charge on any atom is 0.338 e. The largest absolute Gasteiger partial charge is 0.449 e. The van der Waals surface area contributed by atoms with Crippen LogP contribution in [0.5, 0.6) is 0 Å². The van der Waals surface area contributed by atoms with Gasteiger partial charge in [-0.15, -0.1) is 0 Å². The number of esters is 1. The number of hydrogen-bond donors (Lipinski definition) is 0. The van der Waals surface area contributed by atoms with Gasteiger partial charge in [-0.05, 0) is 35.4 Å². The Morgan fingerprint density at radius 1 is 0.923 bits per heavy atom. The minimum Gasteiger partial charge on any atom is -0.449 e. The van der Waals surface area contributed by atoms with Crippen LogP contribution >= 0.6 is 0 Å². The van der Waals surface area contributed by atoms with Crippen LogP contribution in [0.25, 0.3) is 10.8 Å². The number of hydrogen-bond acceptors (Lipinski definition) is 3. The van der Waals surface area contributed by atoms with Crippen LogP contribution in [0.2, 0.25) is 0 Å². The van der Waals surface area contributed by atoms with Gasteiger partial charge in [-0.25, -0.2) is 4.79 Å². The Morgan fingerprint density at radius 2 is 1.58 bits per heavy atom. The van der Waals surface area contributed by atoms with E-state index in [0.717, 1.165) is 16.3 Å². The van der Waals surface area contributed by atoms with Gasteiger partial charge in [0.1, 0.15) is 0 Å². The minimum absolute atomic E-state index is 0.233. The summed E-state index contributed by atoms with van der Waals surface area (Å²) < 4.78 is 5.38. The van der Waals surface area contributed by atoms with E-state index in [2.05, 4.69) is 0 Å². The smallest absolute Gasteiger partial charge is 0.338 e. The van der Waals surface area contributed by atoms with Crippen molar-refractivity contribution in [3.05, 3.63) is 83.9 Å². The van der Waals surface area contributed by atoms with Gasteiger partial charge >= 0.3 is 5.97 Å². The van der Waals surface area contributed by atoms with Crippen molar-refractivity contribution >= 4 is 22.6 Å². The van der Waals surface area contributed by atoms with Crippen LogP contribution in [0.3, 0.4) is 0 Å². The molecule has 0 aliphatic carbocycles. The van der Waals surface area contributed by atoms with Crippen molar-refractivity contribution in [2.45, 2.75) is 19.6 Å². The van der Waals surface area contributed by atoms with Crippen molar-refractivity contribution in [3.63, 3.8) is 0 Å². The molecule has 26 heavy (non-hydrogen) atoms. The van der Waals surface area contributed by atoms with E-state index in [4.69, 9.17) is 4.74 Å². The molecule has 0 aliphatic heterocycles. The lowest BCUT2D eigenvalue weighted by Crippen LogP contribution is -2.37. The standard InChI is InChI=1S/C22H21NO3/c1-16(21(24)23(2)15-17-8-4-3-5-9-17)26-22(25)20-13-12-18-10-6-7-11-19(18)14-20/h3-14,16H,15H2,1-2H3/t16-/m0/s1. The molecule has 0 fully saturated rings. The van der Waals surface area contributed by atoms with Crippen LogP contribution in [0.15, 0.2) is 72.8 Å². The molecule has 3 aromatic rings. The second-order valence-electron chi connectivity index (χ2n) is 6.29. The molecule has 4 nitrogen and oxygen atoms in total. The van der Waals surface area contributed by atoms with E-state index < -0.39 is 12.1 Å². The molecule has 3 aromatic carbocycles. The van der Waals surface area contributed by atoms with Crippen LogP contribution in [0.4, 0.5) is 0 Å². The number of rotatable bonds is 5. The van der Waals surface area contributed by atoms with Gasteiger partial charge in [0.05, 0.1) is 5.56 Å². The quantitative estimate of drug-likeness (QED) is 0.654. The second kappa shape index (κ2) is 7.83. The Hall–Kier alpha value is -3.14. The highest BCUT2D eigenvalue weighted by Crippen LogP contribution is 2.17. The van der Waals surface area contributed by atoms with Gasteiger partial charge in [0.25, 0.3) is 5.91 Å². The highest BCUT2D eigenvalue weighted by molar-refractivity contribution is 5.96. The van der Waals surface area contributed by atoms with E-state index in [1.807, 2.05) is 60.7 Å². The first-order valence-corrected chi connectivity index (χ1v) is 8.53. The summed E-state index contributed by atoms with van der Waals surface area (Å²) in [6.45, 7) is 2.07. The van der Waals surface area contributed by atoms with Crippen LogP contribution in [0, 0.1) is 0 Å². The average molecular weight is 347 g/mol. The lowest BCUT2D eigenvalue weighted by molar-refractivity contribution is -0.139. The highest BCUT2D eigenvalue weighted by atomic mass is 16.5. The van der Waals surface area contributed by atoms with Crippen molar-refractivity contribution in [1.29, 1.82) is 0 Å². The maximum absolute atomic E-state index is 12.5. The van der Waals surface area contributed by atoms with E-state index in [9.17, 15) is 9.59 Å². The zero-order chi connectivity index (χ0) is 18.5. The number of fused-ring (bicyclic) bond motifs is 1. The van der Waals surface area contributed by atoms with Gasteiger partial charge in [-0.3, -0.25) is 4.79 Å². The molecule has 3 rings (SSSR count). The van der Waals surface area contributed by atoms with E-state index >= 15 is 0 Å². The van der Waals surface area contributed by atoms with Gasteiger partial charge in [-0.1, -0.05) is 60.7 Å². The Kier molecular flexibility index (Phi) is 5.32. The van der Waals surface area contributed by atoms with E-state index in [0.29, 0.717) is 12.1 Å². The number of carbonyl (C=O) groups excluding carboxylic acids is 2. The van der Waals surface area contributed by atoms with E-state index in [-0.39, 0.29) is 5.91 Å². The topological polar surface area (TPSA) is 46.6 Å². The molecule has 1 atom stereocenters. The summed E-state index contributed by atoms with van der Waals surface area (Å²) >= 11 is 0. The van der Waals surface area contributed by atoms with Crippen LogP contribution in [0.1, 0.15) is 22.8 Å². The summed E-state index contributed by atoms with van der Waals surface area (Å²) in [5.41, 5.74) is 1.46. The molecule has 0 heterocycles. The highest BCUT2D eigenvalue weighted by Gasteiger charge is 2.22. The third kappa shape index (κ3) is 4.09. The first-order valence-electron chi connectivity index (χ1n) is 8.53. The normalized spacial score (nSPS) is 11.8. The number of carbonyl (C=O) groups is 2. The molecule has 0 unspecified atom stereocenters. The molecule has 0 N–H and O–H groups in total. The van der Waals surface area contributed by atoms with Crippen LogP contribution in [-0.4, -0.2) is 29.9 Å². The van der Waals surface area contributed by atoms with Gasteiger partial charge in [-0.2, -0.15) is 0 Å². The van der Waals surface area contributed by atoms with Crippen LogP contribution < -0.4 is 0 Å². The molecule has 0 aliphatic rings. The van der Waals surface area contributed by atoms with Crippen molar-refractivity contribution in [3.8, 4) is 0 Å². The molecule has 4 heteroatoms. The number of nitrogens with zero attached hydrogens (tertiary/aromatic N) is 1. The summed E-state index contributed by atoms with van der Waals surface area (Å²) in [6.07, 6.45) is -0.845. The lowest BCUT2D eigenvalue weighted by atomic mass is 10.1. The van der Waals surface area contributed by atoms with Gasteiger partial charge in [0, 0.05) is 13.6 Å². The Labute approximate surface area is 153 Å². The number of benzene rings is 3. The SMILES string of the molecule is C[C@H](OC(=O)c1ccc2ccccc2c1)C(=O)N(C)Cc1ccccc1. The first-order chi connectivity index (χ1) is 12.5. The van der Waals surface area contributed by atoms with Crippen molar-refractivity contribution < 1.29 is 14.3 Å². The molecule has 0 saturated heterocycles. The maximum atomic E-state index is 12.5. The van der Waals surface area contributed by atoms with Gasteiger partial charge < -0.3 is 9.64 Å².